The molecule has 2 aromatic carbocycles. The molecule has 1 amide bonds. The first kappa shape index (κ1) is 13.7. The van der Waals surface area contributed by atoms with Crippen LogP contribution in [0.5, 0.6) is 0 Å². The van der Waals surface area contributed by atoms with Crippen LogP contribution < -0.4 is 5.32 Å². The maximum atomic E-state index is 12.0. The maximum absolute atomic E-state index is 12.0. The smallest absolute Gasteiger partial charge is 0.225 e. The third-order valence-electron chi connectivity index (χ3n) is 2.98. The molecule has 2 nitrogen and oxygen atoms in total. The quantitative estimate of drug-likeness (QED) is 0.797. The Hall–Kier alpha value is -1.74. The summed E-state index contributed by atoms with van der Waals surface area (Å²) in [5.74, 6) is 0.828. The predicted octanol–water partition coefficient (Wildman–Crippen LogP) is 3.73. The van der Waals surface area contributed by atoms with E-state index in [2.05, 4.69) is 17.9 Å². The van der Waals surface area contributed by atoms with E-state index in [1.165, 1.54) is 0 Å². The highest BCUT2D eigenvalue weighted by molar-refractivity contribution is 7.80. The fourth-order valence-electron chi connectivity index (χ4n) is 1.97. The Morgan fingerprint density at radius 2 is 1.58 bits per heavy atom. The summed E-state index contributed by atoms with van der Waals surface area (Å²) in [7, 11) is 0. The van der Waals surface area contributed by atoms with Crippen LogP contribution in [0.15, 0.2) is 60.7 Å². The lowest BCUT2D eigenvalue weighted by Crippen LogP contribution is -2.16. The molecule has 0 spiro atoms. The van der Waals surface area contributed by atoms with Gasteiger partial charge in [0.1, 0.15) is 0 Å². The average molecular weight is 271 g/mol. The Morgan fingerprint density at radius 3 is 2.16 bits per heavy atom. The molecule has 0 aliphatic rings. The molecule has 1 unspecified atom stereocenters. The zero-order chi connectivity index (χ0) is 13.5. The molecule has 0 aromatic heterocycles. The summed E-state index contributed by atoms with van der Waals surface area (Å²) in [5.41, 5.74) is 1.99. The summed E-state index contributed by atoms with van der Waals surface area (Å²) in [5, 5.41) is 2.90. The highest BCUT2D eigenvalue weighted by Crippen LogP contribution is 2.21. The second kappa shape index (κ2) is 7.00. The molecule has 0 radical (unpaired) electrons. The SMILES string of the molecule is O=C(CC(CS)c1ccccc1)Nc1ccccc1. The van der Waals surface area contributed by atoms with Crippen LogP contribution in [-0.2, 0) is 4.79 Å². The number of thiol groups is 1. The van der Waals surface area contributed by atoms with Crippen molar-refractivity contribution in [1.29, 1.82) is 0 Å². The normalized spacial score (nSPS) is 11.8. The molecule has 2 rings (SSSR count). The summed E-state index contributed by atoms with van der Waals surface area (Å²) >= 11 is 4.35. The molecule has 19 heavy (non-hydrogen) atoms. The molecule has 98 valence electrons. The Kier molecular flexibility index (Phi) is 5.04. The Balaban J connectivity index is 1.97. The van der Waals surface area contributed by atoms with Crippen molar-refractivity contribution in [3.63, 3.8) is 0 Å². The standard InChI is InChI=1S/C16H17NOS/c18-16(17-15-9-5-2-6-10-15)11-14(12-19)13-7-3-1-4-8-13/h1-10,14,19H,11-12H2,(H,17,18). The molecule has 0 aliphatic heterocycles. The van der Waals surface area contributed by atoms with E-state index < -0.39 is 0 Å². The third kappa shape index (κ3) is 4.14. The first-order valence-corrected chi connectivity index (χ1v) is 6.93. The van der Waals surface area contributed by atoms with Crippen molar-refractivity contribution in [3.05, 3.63) is 66.2 Å². The van der Waals surface area contributed by atoms with Gasteiger partial charge in [-0.15, -0.1) is 0 Å². The second-order valence-corrected chi connectivity index (χ2v) is 4.77. The van der Waals surface area contributed by atoms with Crippen LogP contribution in [0.1, 0.15) is 17.9 Å². The van der Waals surface area contributed by atoms with Gasteiger partial charge in [-0.1, -0.05) is 48.5 Å². The zero-order valence-electron chi connectivity index (χ0n) is 10.6. The summed E-state index contributed by atoms with van der Waals surface area (Å²) in [4.78, 5) is 12.0. The molecular formula is C16H17NOS. The Bertz CT molecular complexity index is 513. The summed E-state index contributed by atoms with van der Waals surface area (Å²) in [6.45, 7) is 0. The van der Waals surface area contributed by atoms with Crippen molar-refractivity contribution >= 4 is 24.2 Å². The van der Waals surface area contributed by atoms with Gasteiger partial charge in [0, 0.05) is 18.0 Å². The van der Waals surface area contributed by atoms with Crippen LogP contribution in [0.25, 0.3) is 0 Å². The van der Waals surface area contributed by atoms with Crippen LogP contribution in [0.3, 0.4) is 0 Å². The minimum Gasteiger partial charge on any atom is -0.326 e. The van der Waals surface area contributed by atoms with Crippen molar-refractivity contribution in [2.45, 2.75) is 12.3 Å². The number of amides is 1. The van der Waals surface area contributed by atoms with E-state index in [0.717, 1.165) is 11.3 Å². The lowest BCUT2D eigenvalue weighted by molar-refractivity contribution is -0.116. The first-order valence-electron chi connectivity index (χ1n) is 6.30. The molecule has 2 aromatic rings. The predicted molar refractivity (Wildman–Crippen MR) is 82.7 cm³/mol. The number of carbonyl (C=O) groups excluding carboxylic acids is 1. The van der Waals surface area contributed by atoms with E-state index >= 15 is 0 Å². The molecule has 1 atom stereocenters. The van der Waals surface area contributed by atoms with Gasteiger partial charge in [0.2, 0.25) is 5.91 Å². The number of hydrogen-bond donors (Lipinski definition) is 2. The number of hydrogen-bond acceptors (Lipinski definition) is 2. The van der Waals surface area contributed by atoms with E-state index in [9.17, 15) is 4.79 Å². The third-order valence-corrected chi connectivity index (χ3v) is 3.42. The number of para-hydroxylation sites is 1. The van der Waals surface area contributed by atoms with Gasteiger partial charge in [0.25, 0.3) is 0 Å². The molecule has 0 aliphatic carbocycles. The Morgan fingerprint density at radius 1 is 1.00 bits per heavy atom. The van der Waals surface area contributed by atoms with Gasteiger partial charge in [0.05, 0.1) is 0 Å². The largest absolute Gasteiger partial charge is 0.326 e. The molecule has 1 N–H and O–H groups in total. The zero-order valence-corrected chi connectivity index (χ0v) is 11.5. The number of anilines is 1. The van der Waals surface area contributed by atoms with E-state index in [1.54, 1.807) is 0 Å². The van der Waals surface area contributed by atoms with Crippen molar-refractivity contribution in [3.8, 4) is 0 Å². The van der Waals surface area contributed by atoms with Gasteiger partial charge in [-0.2, -0.15) is 12.6 Å². The molecule has 3 heteroatoms. The van der Waals surface area contributed by atoms with Crippen molar-refractivity contribution < 1.29 is 4.79 Å². The van der Waals surface area contributed by atoms with Crippen molar-refractivity contribution in [2.75, 3.05) is 11.1 Å². The molecule has 0 fully saturated rings. The monoisotopic (exact) mass is 271 g/mol. The minimum atomic E-state index is 0.0223. The molecule has 0 saturated heterocycles. The number of benzene rings is 2. The number of rotatable bonds is 5. The van der Waals surface area contributed by atoms with Gasteiger partial charge < -0.3 is 5.32 Å². The molecule has 0 saturated carbocycles. The minimum absolute atomic E-state index is 0.0223. The molecular weight excluding hydrogens is 254 g/mol. The number of nitrogens with one attached hydrogen (secondary N) is 1. The van der Waals surface area contributed by atoms with Crippen LogP contribution in [0.4, 0.5) is 5.69 Å². The summed E-state index contributed by atoms with van der Waals surface area (Å²) in [6, 6.07) is 19.5. The average Bonchev–Trinajstić information content (AvgIpc) is 2.47. The summed E-state index contributed by atoms with van der Waals surface area (Å²) < 4.78 is 0. The van der Waals surface area contributed by atoms with E-state index in [-0.39, 0.29) is 11.8 Å². The lowest BCUT2D eigenvalue weighted by atomic mass is 9.97. The van der Waals surface area contributed by atoms with Crippen molar-refractivity contribution in [2.24, 2.45) is 0 Å². The maximum Gasteiger partial charge on any atom is 0.225 e. The fourth-order valence-corrected chi connectivity index (χ4v) is 2.31. The van der Waals surface area contributed by atoms with Gasteiger partial charge in [-0.3, -0.25) is 4.79 Å². The van der Waals surface area contributed by atoms with E-state index in [1.807, 2.05) is 60.7 Å². The van der Waals surface area contributed by atoms with Crippen LogP contribution >= 0.6 is 12.6 Å². The lowest BCUT2D eigenvalue weighted by Gasteiger charge is -2.14. The number of carbonyl (C=O) groups is 1. The van der Waals surface area contributed by atoms with Crippen LogP contribution in [-0.4, -0.2) is 11.7 Å². The van der Waals surface area contributed by atoms with E-state index in [0.29, 0.717) is 12.2 Å². The first-order chi connectivity index (χ1) is 9.29. The van der Waals surface area contributed by atoms with Crippen LogP contribution in [0.2, 0.25) is 0 Å². The topological polar surface area (TPSA) is 29.1 Å². The molecule has 0 bridgehead atoms. The second-order valence-electron chi connectivity index (χ2n) is 4.41. The highest BCUT2D eigenvalue weighted by Gasteiger charge is 2.14. The summed E-state index contributed by atoms with van der Waals surface area (Å²) in [6.07, 6.45) is 0.447. The van der Waals surface area contributed by atoms with E-state index in [4.69, 9.17) is 0 Å². The van der Waals surface area contributed by atoms with Crippen molar-refractivity contribution in [1.82, 2.24) is 0 Å². The van der Waals surface area contributed by atoms with Gasteiger partial charge in [-0.05, 0) is 23.4 Å². The van der Waals surface area contributed by atoms with Crippen LogP contribution in [0, 0.1) is 0 Å². The fraction of sp³-hybridized carbons (Fsp3) is 0.188. The van der Waals surface area contributed by atoms with Gasteiger partial charge in [0.15, 0.2) is 0 Å². The van der Waals surface area contributed by atoms with Gasteiger partial charge >= 0.3 is 0 Å². The highest BCUT2D eigenvalue weighted by atomic mass is 32.1. The Labute approximate surface area is 119 Å². The van der Waals surface area contributed by atoms with Gasteiger partial charge in [-0.25, -0.2) is 0 Å². The molecule has 0 heterocycles.